The maximum Gasteiger partial charge on any atom is 0.147 e. The van der Waals surface area contributed by atoms with Crippen molar-refractivity contribution in [3.05, 3.63) is 24.5 Å². The van der Waals surface area contributed by atoms with Gasteiger partial charge in [-0.05, 0) is 53.9 Å². The molecule has 2 heterocycles. The molecule has 2 aromatic rings. The molecule has 0 spiro atoms. The van der Waals surface area contributed by atoms with Crippen LogP contribution in [0.3, 0.4) is 0 Å². The fourth-order valence-electron chi connectivity index (χ4n) is 3.27. The van der Waals surface area contributed by atoms with Crippen LogP contribution in [0.4, 0.5) is 10.8 Å². The van der Waals surface area contributed by atoms with Gasteiger partial charge in [0.05, 0.1) is 5.56 Å². The number of nitrogens with one attached hydrogen (secondary N) is 1. The smallest absolute Gasteiger partial charge is 0.147 e. The molecule has 1 aliphatic carbocycles. The van der Waals surface area contributed by atoms with E-state index in [0.717, 1.165) is 22.7 Å². The predicted octanol–water partition coefficient (Wildman–Crippen LogP) is 4.17. The van der Waals surface area contributed by atoms with Crippen LogP contribution in [0.25, 0.3) is 11.1 Å². The van der Waals surface area contributed by atoms with Gasteiger partial charge in [-0.3, -0.25) is 4.98 Å². The summed E-state index contributed by atoms with van der Waals surface area (Å²) in [7, 11) is 0. The minimum Gasteiger partial charge on any atom is -0.382 e. The number of pyridine rings is 1. The molecule has 112 valence electrons. The van der Waals surface area contributed by atoms with Crippen LogP contribution < -0.4 is 11.1 Å². The molecular formula is C16H22N4S. The van der Waals surface area contributed by atoms with Crippen molar-refractivity contribution in [1.82, 2.24) is 9.36 Å². The van der Waals surface area contributed by atoms with Crippen molar-refractivity contribution in [1.29, 1.82) is 0 Å². The molecule has 1 saturated carbocycles. The van der Waals surface area contributed by atoms with Gasteiger partial charge in [0.15, 0.2) is 0 Å². The monoisotopic (exact) mass is 302 g/mol. The third-order valence-electron chi connectivity index (χ3n) is 4.73. The van der Waals surface area contributed by atoms with Gasteiger partial charge < -0.3 is 11.1 Å². The summed E-state index contributed by atoms with van der Waals surface area (Å²) in [5.41, 5.74) is 8.61. The van der Waals surface area contributed by atoms with E-state index in [1.165, 1.54) is 43.6 Å². The summed E-state index contributed by atoms with van der Waals surface area (Å²) in [6.45, 7) is 3.32. The largest absolute Gasteiger partial charge is 0.382 e. The highest BCUT2D eigenvalue weighted by Crippen LogP contribution is 2.43. The van der Waals surface area contributed by atoms with E-state index in [9.17, 15) is 0 Å². The molecule has 3 N–H and O–H groups in total. The Kier molecular flexibility index (Phi) is 4.10. The SMILES string of the molecule is CCC1(CNc2snc(N)c2-c2ccncc2)CCCC1. The van der Waals surface area contributed by atoms with E-state index < -0.39 is 0 Å². The van der Waals surface area contributed by atoms with Crippen molar-refractivity contribution in [2.45, 2.75) is 39.0 Å². The minimum atomic E-state index is 0.453. The lowest BCUT2D eigenvalue weighted by molar-refractivity contribution is 0.307. The van der Waals surface area contributed by atoms with Crippen molar-refractivity contribution in [3.8, 4) is 11.1 Å². The van der Waals surface area contributed by atoms with E-state index in [1.54, 1.807) is 12.4 Å². The standard InChI is InChI=1S/C16H22N4S/c1-2-16(7-3-4-8-16)11-19-15-13(14(17)20-21-15)12-5-9-18-10-6-12/h5-6,9-10,19H,2-4,7-8,11H2,1H3,(H2,17,20). The maximum atomic E-state index is 6.06. The fraction of sp³-hybridized carbons (Fsp3) is 0.500. The first-order valence-electron chi connectivity index (χ1n) is 7.63. The van der Waals surface area contributed by atoms with Crippen LogP contribution in [0.15, 0.2) is 24.5 Å². The third kappa shape index (κ3) is 2.88. The van der Waals surface area contributed by atoms with Gasteiger partial charge in [-0.1, -0.05) is 19.8 Å². The molecule has 1 fully saturated rings. The second-order valence-corrected chi connectivity index (χ2v) is 6.70. The van der Waals surface area contributed by atoms with E-state index in [0.29, 0.717) is 11.2 Å². The van der Waals surface area contributed by atoms with Crippen molar-refractivity contribution < 1.29 is 0 Å². The van der Waals surface area contributed by atoms with Crippen molar-refractivity contribution in [2.24, 2.45) is 5.41 Å². The molecule has 5 heteroatoms. The Morgan fingerprint density at radius 3 is 2.67 bits per heavy atom. The molecule has 3 rings (SSSR count). The van der Waals surface area contributed by atoms with Crippen LogP contribution in [-0.2, 0) is 0 Å². The number of hydrogen-bond acceptors (Lipinski definition) is 5. The Balaban J connectivity index is 1.81. The number of aromatic nitrogens is 2. The second kappa shape index (κ2) is 6.02. The molecule has 0 atom stereocenters. The minimum absolute atomic E-state index is 0.453. The van der Waals surface area contributed by atoms with Gasteiger partial charge >= 0.3 is 0 Å². The average molecular weight is 302 g/mol. The summed E-state index contributed by atoms with van der Waals surface area (Å²) in [5.74, 6) is 0.602. The van der Waals surface area contributed by atoms with E-state index in [2.05, 4.69) is 21.6 Å². The number of anilines is 2. The van der Waals surface area contributed by atoms with Crippen LogP contribution in [0.2, 0.25) is 0 Å². The molecule has 21 heavy (non-hydrogen) atoms. The van der Waals surface area contributed by atoms with Crippen molar-refractivity contribution >= 4 is 22.4 Å². The number of nitrogens with zero attached hydrogens (tertiary/aromatic N) is 2. The van der Waals surface area contributed by atoms with Crippen LogP contribution in [-0.4, -0.2) is 15.9 Å². The van der Waals surface area contributed by atoms with Gasteiger partial charge in [-0.15, -0.1) is 0 Å². The zero-order valence-electron chi connectivity index (χ0n) is 12.4. The lowest BCUT2D eigenvalue weighted by atomic mass is 9.83. The van der Waals surface area contributed by atoms with E-state index in [1.807, 2.05) is 12.1 Å². The first kappa shape index (κ1) is 14.3. The number of rotatable bonds is 5. The molecule has 0 saturated heterocycles. The highest BCUT2D eigenvalue weighted by Gasteiger charge is 2.32. The van der Waals surface area contributed by atoms with Crippen LogP contribution in [0.1, 0.15) is 39.0 Å². The fourth-order valence-corrected chi connectivity index (χ4v) is 4.00. The van der Waals surface area contributed by atoms with Gasteiger partial charge in [0.25, 0.3) is 0 Å². The maximum absolute atomic E-state index is 6.06. The number of hydrogen-bond donors (Lipinski definition) is 2. The summed E-state index contributed by atoms with van der Waals surface area (Å²) >= 11 is 1.46. The lowest BCUT2D eigenvalue weighted by Crippen LogP contribution is -2.25. The molecule has 0 radical (unpaired) electrons. The molecule has 1 aliphatic rings. The first-order valence-corrected chi connectivity index (χ1v) is 8.41. The van der Waals surface area contributed by atoms with Crippen LogP contribution >= 0.6 is 11.5 Å². The Morgan fingerprint density at radius 2 is 2.00 bits per heavy atom. The van der Waals surface area contributed by atoms with Gasteiger partial charge in [0.2, 0.25) is 0 Å². The molecule has 4 nitrogen and oxygen atoms in total. The number of nitrogen functional groups attached to an aromatic ring is 1. The Labute approximate surface area is 130 Å². The van der Waals surface area contributed by atoms with Gasteiger partial charge in [0.1, 0.15) is 10.8 Å². The van der Waals surface area contributed by atoms with Gasteiger partial charge in [-0.2, -0.15) is 4.37 Å². The van der Waals surface area contributed by atoms with Crippen molar-refractivity contribution in [3.63, 3.8) is 0 Å². The quantitative estimate of drug-likeness (QED) is 0.870. The molecule has 0 bridgehead atoms. The highest BCUT2D eigenvalue weighted by atomic mass is 32.1. The second-order valence-electron chi connectivity index (χ2n) is 5.92. The Bertz CT molecular complexity index is 588. The molecule has 0 aliphatic heterocycles. The van der Waals surface area contributed by atoms with Crippen LogP contribution in [0.5, 0.6) is 0 Å². The summed E-state index contributed by atoms with van der Waals surface area (Å²) < 4.78 is 4.32. The molecule has 0 amide bonds. The Hall–Kier alpha value is -1.62. The summed E-state index contributed by atoms with van der Waals surface area (Å²) in [5, 5.41) is 4.70. The molecule has 2 aromatic heterocycles. The van der Waals surface area contributed by atoms with Gasteiger partial charge in [0, 0.05) is 18.9 Å². The lowest BCUT2D eigenvalue weighted by Gasteiger charge is -2.28. The predicted molar refractivity (Wildman–Crippen MR) is 89.4 cm³/mol. The van der Waals surface area contributed by atoms with E-state index in [-0.39, 0.29) is 0 Å². The normalized spacial score (nSPS) is 17.0. The molecular weight excluding hydrogens is 280 g/mol. The summed E-state index contributed by atoms with van der Waals surface area (Å²) in [6.07, 6.45) is 10.2. The van der Waals surface area contributed by atoms with Gasteiger partial charge in [-0.25, -0.2) is 0 Å². The Morgan fingerprint density at radius 1 is 1.29 bits per heavy atom. The third-order valence-corrected chi connectivity index (χ3v) is 5.54. The zero-order valence-corrected chi connectivity index (χ0v) is 13.2. The molecule has 0 aromatic carbocycles. The van der Waals surface area contributed by atoms with Crippen LogP contribution in [0, 0.1) is 5.41 Å². The topological polar surface area (TPSA) is 63.8 Å². The van der Waals surface area contributed by atoms with E-state index >= 15 is 0 Å². The first-order chi connectivity index (χ1) is 10.2. The average Bonchev–Trinajstić information content (AvgIpc) is 3.13. The van der Waals surface area contributed by atoms with E-state index in [4.69, 9.17) is 5.73 Å². The number of nitrogens with two attached hydrogens (primary N) is 1. The summed E-state index contributed by atoms with van der Waals surface area (Å²) in [4.78, 5) is 4.07. The molecule has 0 unspecified atom stereocenters. The van der Waals surface area contributed by atoms with Crippen molar-refractivity contribution in [2.75, 3.05) is 17.6 Å². The summed E-state index contributed by atoms with van der Waals surface area (Å²) in [6, 6.07) is 3.97. The highest BCUT2D eigenvalue weighted by molar-refractivity contribution is 7.11. The zero-order chi connectivity index (χ0) is 14.7.